The van der Waals surface area contributed by atoms with Crippen LogP contribution in [0.2, 0.25) is 0 Å². The molecule has 8 heteroatoms. The van der Waals surface area contributed by atoms with Crippen molar-refractivity contribution >= 4 is 63.0 Å². The molecule has 0 aromatic heterocycles. The van der Waals surface area contributed by atoms with Crippen molar-refractivity contribution in [3.8, 4) is 0 Å². The van der Waals surface area contributed by atoms with Crippen LogP contribution in [0.1, 0.15) is 11.1 Å². The number of carbonyl (C=O) groups excluding carboxylic acids is 3. The Morgan fingerprint density at radius 1 is 0.824 bits per heavy atom. The molecule has 0 aliphatic carbocycles. The van der Waals surface area contributed by atoms with Gasteiger partial charge in [0.1, 0.15) is 10.9 Å². The number of anilines is 2. The van der Waals surface area contributed by atoms with Crippen molar-refractivity contribution in [1.29, 1.82) is 0 Å². The summed E-state index contributed by atoms with van der Waals surface area (Å²) in [5.41, 5.74) is 3.10. The van der Waals surface area contributed by atoms with Crippen LogP contribution in [0.25, 0.3) is 5.57 Å². The Labute approximate surface area is 206 Å². The quantitative estimate of drug-likeness (QED) is 0.427. The number of hydrogen-bond acceptors (Lipinski definition) is 5. The maximum absolute atomic E-state index is 13.5. The van der Waals surface area contributed by atoms with E-state index in [1.807, 2.05) is 54.6 Å². The van der Waals surface area contributed by atoms with Crippen molar-refractivity contribution in [2.24, 2.45) is 0 Å². The SMILES string of the molecule is O=C(CN1C(=O)/C(=C2\SC(=S)N(Cc3ccccc3)C2=O)c2ccccc21)Nc1ccccc1. The third kappa shape index (κ3) is 4.13. The van der Waals surface area contributed by atoms with Gasteiger partial charge in [0.15, 0.2) is 0 Å². The van der Waals surface area contributed by atoms with Gasteiger partial charge in [0.25, 0.3) is 11.8 Å². The maximum atomic E-state index is 13.5. The zero-order valence-corrected chi connectivity index (χ0v) is 19.6. The zero-order chi connectivity index (χ0) is 23.7. The van der Waals surface area contributed by atoms with Gasteiger partial charge in [-0.25, -0.2) is 0 Å². The number of hydrogen-bond donors (Lipinski definition) is 1. The summed E-state index contributed by atoms with van der Waals surface area (Å²) in [6, 6.07) is 25.8. The van der Waals surface area contributed by atoms with Crippen molar-refractivity contribution < 1.29 is 14.4 Å². The van der Waals surface area contributed by atoms with E-state index >= 15 is 0 Å². The summed E-state index contributed by atoms with van der Waals surface area (Å²) in [6.07, 6.45) is 0. The topological polar surface area (TPSA) is 69.7 Å². The van der Waals surface area contributed by atoms with Crippen LogP contribution in [0.3, 0.4) is 0 Å². The van der Waals surface area contributed by atoms with Crippen LogP contribution in [0, 0.1) is 0 Å². The Kier molecular flexibility index (Phi) is 6.00. The monoisotopic (exact) mass is 485 g/mol. The Balaban J connectivity index is 1.44. The van der Waals surface area contributed by atoms with Crippen molar-refractivity contribution in [2.45, 2.75) is 6.54 Å². The summed E-state index contributed by atoms with van der Waals surface area (Å²) in [5.74, 6) is -1.01. The van der Waals surface area contributed by atoms with Crippen molar-refractivity contribution in [1.82, 2.24) is 4.90 Å². The van der Waals surface area contributed by atoms with Crippen LogP contribution in [-0.4, -0.2) is 33.5 Å². The average molecular weight is 486 g/mol. The zero-order valence-electron chi connectivity index (χ0n) is 17.9. The summed E-state index contributed by atoms with van der Waals surface area (Å²) < 4.78 is 0.405. The Hall–Kier alpha value is -3.75. The van der Waals surface area contributed by atoms with Crippen LogP contribution in [-0.2, 0) is 20.9 Å². The predicted octanol–water partition coefficient (Wildman–Crippen LogP) is 4.44. The Bertz CT molecular complexity index is 1340. The van der Waals surface area contributed by atoms with E-state index in [1.54, 1.807) is 30.3 Å². The van der Waals surface area contributed by atoms with Gasteiger partial charge < -0.3 is 5.32 Å². The molecular formula is C26H19N3O3S2. The number of carbonyl (C=O) groups is 3. The first kappa shape index (κ1) is 22.1. The number of fused-ring (bicyclic) bond motifs is 1. The van der Waals surface area contributed by atoms with Gasteiger partial charge >= 0.3 is 0 Å². The smallest absolute Gasteiger partial charge is 0.267 e. The minimum atomic E-state index is -0.385. The highest BCUT2D eigenvalue weighted by atomic mass is 32.2. The predicted molar refractivity (Wildman–Crippen MR) is 138 cm³/mol. The fourth-order valence-corrected chi connectivity index (χ4v) is 5.30. The molecule has 2 aliphatic heterocycles. The van der Waals surface area contributed by atoms with Crippen molar-refractivity contribution in [3.63, 3.8) is 0 Å². The summed E-state index contributed by atoms with van der Waals surface area (Å²) in [6.45, 7) is 0.167. The van der Waals surface area contributed by atoms with E-state index in [-0.39, 0.29) is 29.8 Å². The molecule has 168 valence electrons. The third-order valence-corrected chi connectivity index (χ3v) is 6.99. The van der Waals surface area contributed by atoms with E-state index in [1.165, 1.54) is 9.80 Å². The van der Waals surface area contributed by atoms with Gasteiger partial charge in [-0.05, 0) is 23.8 Å². The van der Waals surface area contributed by atoms with Crippen molar-refractivity contribution in [2.75, 3.05) is 16.8 Å². The van der Waals surface area contributed by atoms with Crippen LogP contribution in [0.4, 0.5) is 11.4 Å². The Morgan fingerprint density at radius 3 is 2.21 bits per heavy atom. The molecule has 3 amide bonds. The molecule has 0 radical (unpaired) electrons. The molecule has 0 unspecified atom stereocenters. The second-order valence-electron chi connectivity index (χ2n) is 7.77. The largest absolute Gasteiger partial charge is 0.325 e. The second-order valence-corrected chi connectivity index (χ2v) is 9.42. The van der Waals surface area contributed by atoms with Gasteiger partial charge in [0.2, 0.25) is 5.91 Å². The molecule has 1 N–H and O–H groups in total. The Morgan fingerprint density at radius 2 is 1.47 bits per heavy atom. The van der Waals surface area contributed by atoms with E-state index < -0.39 is 0 Å². The van der Waals surface area contributed by atoms with E-state index in [2.05, 4.69) is 5.32 Å². The number of thiocarbonyl (C=S) groups is 1. The molecule has 34 heavy (non-hydrogen) atoms. The number of thioether (sulfide) groups is 1. The lowest BCUT2D eigenvalue weighted by Crippen LogP contribution is -2.35. The lowest BCUT2D eigenvalue weighted by Gasteiger charge is -2.16. The number of amides is 3. The van der Waals surface area contributed by atoms with Gasteiger partial charge in [-0.1, -0.05) is 90.7 Å². The number of rotatable bonds is 5. The van der Waals surface area contributed by atoms with Crippen LogP contribution in [0.15, 0.2) is 89.8 Å². The van der Waals surface area contributed by atoms with Gasteiger partial charge in [0.05, 0.1) is 22.7 Å². The number of benzene rings is 3. The number of nitrogens with one attached hydrogen (secondary N) is 1. The van der Waals surface area contributed by atoms with E-state index in [0.717, 1.165) is 17.3 Å². The molecular weight excluding hydrogens is 466 g/mol. The fourth-order valence-electron chi connectivity index (χ4n) is 3.97. The minimum absolute atomic E-state index is 0.168. The molecule has 0 spiro atoms. The molecule has 6 nitrogen and oxygen atoms in total. The third-order valence-electron chi connectivity index (χ3n) is 5.54. The van der Waals surface area contributed by atoms with Gasteiger partial charge in [0, 0.05) is 11.3 Å². The lowest BCUT2D eigenvalue weighted by molar-refractivity contribution is -0.122. The van der Waals surface area contributed by atoms with Crippen molar-refractivity contribution in [3.05, 3.63) is 101 Å². The minimum Gasteiger partial charge on any atom is -0.325 e. The first-order valence-corrected chi connectivity index (χ1v) is 11.8. The van der Waals surface area contributed by atoms with Crippen LogP contribution < -0.4 is 10.2 Å². The summed E-state index contributed by atoms with van der Waals surface area (Å²) in [4.78, 5) is 42.8. The summed E-state index contributed by atoms with van der Waals surface area (Å²) in [7, 11) is 0. The fraction of sp³-hybridized carbons (Fsp3) is 0.0769. The molecule has 1 saturated heterocycles. The molecule has 2 aliphatic rings. The van der Waals surface area contributed by atoms with Gasteiger partial charge in [-0.2, -0.15) is 0 Å². The van der Waals surface area contributed by atoms with E-state index in [0.29, 0.717) is 32.7 Å². The highest BCUT2D eigenvalue weighted by Gasteiger charge is 2.42. The molecule has 0 atom stereocenters. The van der Waals surface area contributed by atoms with E-state index in [4.69, 9.17) is 12.2 Å². The van der Waals surface area contributed by atoms with Crippen LogP contribution in [0.5, 0.6) is 0 Å². The summed E-state index contributed by atoms with van der Waals surface area (Å²) >= 11 is 6.61. The lowest BCUT2D eigenvalue weighted by atomic mass is 10.1. The standard InChI is InChI=1S/C26H19N3O3S2/c30-21(27-18-11-5-2-6-12-18)16-28-20-14-8-7-13-19(20)22(24(28)31)23-25(32)29(26(33)34-23)15-17-9-3-1-4-10-17/h1-14H,15-16H2,(H,27,30)/b23-22-. The maximum Gasteiger partial charge on any atom is 0.267 e. The molecule has 2 heterocycles. The van der Waals surface area contributed by atoms with E-state index in [9.17, 15) is 14.4 Å². The first-order valence-electron chi connectivity index (χ1n) is 10.6. The molecule has 3 aromatic carbocycles. The normalized spacial score (nSPS) is 17.4. The van der Waals surface area contributed by atoms with Gasteiger partial charge in [-0.3, -0.25) is 24.2 Å². The van der Waals surface area contributed by atoms with Crippen LogP contribution >= 0.6 is 24.0 Å². The highest BCUT2D eigenvalue weighted by molar-refractivity contribution is 8.26. The molecule has 3 aromatic rings. The molecule has 5 rings (SSSR count). The molecule has 0 saturated carbocycles. The number of nitrogens with zero attached hydrogens (tertiary/aromatic N) is 2. The number of para-hydroxylation sites is 2. The van der Waals surface area contributed by atoms with Gasteiger partial charge in [-0.15, -0.1) is 0 Å². The molecule has 0 bridgehead atoms. The summed E-state index contributed by atoms with van der Waals surface area (Å²) in [5, 5.41) is 2.80. The average Bonchev–Trinajstić information content (AvgIpc) is 3.28. The second kappa shape index (κ2) is 9.24. The first-order chi connectivity index (χ1) is 16.5. The highest BCUT2D eigenvalue weighted by Crippen LogP contribution is 2.44. The molecule has 1 fully saturated rings.